The predicted molar refractivity (Wildman–Crippen MR) is 67.0 cm³/mol. The first-order valence-electron chi connectivity index (χ1n) is 7.08. The lowest BCUT2D eigenvalue weighted by Crippen LogP contribution is -2.48. The van der Waals surface area contributed by atoms with Gasteiger partial charge < -0.3 is 14.6 Å². The van der Waals surface area contributed by atoms with Crippen molar-refractivity contribution in [3.63, 3.8) is 0 Å². The Hall–Kier alpha value is -0.120. The lowest BCUT2D eigenvalue weighted by Gasteiger charge is -2.44. The summed E-state index contributed by atoms with van der Waals surface area (Å²) in [5.74, 6) is 0.378. The second-order valence-corrected chi connectivity index (χ2v) is 5.73. The van der Waals surface area contributed by atoms with Gasteiger partial charge in [-0.05, 0) is 31.6 Å². The van der Waals surface area contributed by atoms with E-state index in [0.29, 0.717) is 5.92 Å². The first-order valence-corrected chi connectivity index (χ1v) is 7.08. The summed E-state index contributed by atoms with van der Waals surface area (Å²) in [4.78, 5) is 0. The highest BCUT2D eigenvalue weighted by molar-refractivity contribution is 4.96. The zero-order valence-corrected chi connectivity index (χ0v) is 11.2. The second-order valence-electron chi connectivity index (χ2n) is 5.73. The Bertz CT molecular complexity index is 248. The predicted octanol–water partition coefficient (Wildman–Crippen LogP) is 2.51. The van der Waals surface area contributed by atoms with E-state index in [1.165, 1.54) is 0 Å². The number of hydrogen-bond donors (Lipinski definition) is 1. The van der Waals surface area contributed by atoms with Gasteiger partial charge in [0.15, 0.2) is 0 Å². The van der Waals surface area contributed by atoms with Crippen molar-refractivity contribution in [1.82, 2.24) is 0 Å². The van der Waals surface area contributed by atoms with Crippen molar-refractivity contribution in [2.45, 2.75) is 63.6 Å². The van der Waals surface area contributed by atoms with E-state index in [1.807, 2.05) is 0 Å². The van der Waals surface area contributed by atoms with Crippen LogP contribution >= 0.6 is 0 Å². The second kappa shape index (κ2) is 5.25. The highest BCUT2D eigenvalue weighted by Crippen LogP contribution is 2.42. The number of rotatable bonds is 4. The maximum Gasteiger partial charge on any atom is 0.0940 e. The fraction of sp³-hybridized carbons (Fsp3) is 1.00. The van der Waals surface area contributed by atoms with Crippen LogP contribution in [0.1, 0.15) is 52.4 Å². The molecule has 2 rings (SSSR count). The topological polar surface area (TPSA) is 38.7 Å². The third-order valence-corrected chi connectivity index (χ3v) is 4.62. The summed E-state index contributed by atoms with van der Waals surface area (Å²) in [7, 11) is 0. The smallest absolute Gasteiger partial charge is 0.0940 e. The normalized spacial score (nSPS) is 37.2. The Kier molecular flexibility index (Phi) is 4.11. The van der Waals surface area contributed by atoms with Crippen molar-refractivity contribution < 1.29 is 14.6 Å². The van der Waals surface area contributed by atoms with Gasteiger partial charge in [0.25, 0.3) is 0 Å². The summed E-state index contributed by atoms with van der Waals surface area (Å²) in [5, 5.41) is 10.8. The van der Waals surface area contributed by atoms with Gasteiger partial charge in [-0.15, -0.1) is 0 Å². The van der Waals surface area contributed by atoms with Crippen LogP contribution in [0.2, 0.25) is 0 Å². The molecular weight excluding hydrogens is 216 g/mol. The minimum Gasteiger partial charge on any atom is -0.390 e. The molecule has 0 aromatic carbocycles. The van der Waals surface area contributed by atoms with Crippen LogP contribution in [0.3, 0.4) is 0 Å². The van der Waals surface area contributed by atoms with Gasteiger partial charge >= 0.3 is 0 Å². The van der Waals surface area contributed by atoms with Gasteiger partial charge in [-0.25, -0.2) is 0 Å². The van der Waals surface area contributed by atoms with Crippen LogP contribution < -0.4 is 0 Å². The van der Waals surface area contributed by atoms with Crippen LogP contribution in [0.4, 0.5) is 0 Å². The number of hydrogen-bond acceptors (Lipinski definition) is 3. The molecule has 0 saturated carbocycles. The Morgan fingerprint density at radius 3 is 2.76 bits per heavy atom. The van der Waals surface area contributed by atoms with E-state index in [2.05, 4.69) is 13.8 Å². The fourth-order valence-electron chi connectivity index (χ4n) is 3.45. The molecule has 0 aromatic rings. The van der Waals surface area contributed by atoms with Gasteiger partial charge in [0, 0.05) is 19.6 Å². The molecule has 3 atom stereocenters. The van der Waals surface area contributed by atoms with Crippen molar-refractivity contribution in [3.05, 3.63) is 0 Å². The van der Waals surface area contributed by atoms with Crippen LogP contribution in [0, 0.1) is 5.92 Å². The van der Waals surface area contributed by atoms with E-state index < -0.39 is 5.60 Å². The molecule has 0 radical (unpaired) electrons. The molecule has 3 nitrogen and oxygen atoms in total. The summed E-state index contributed by atoms with van der Waals surface area (Å²) >= 11 is 0. The molecule has 100 valence electrons. The number of aliphatic hydroxyl groups is 1. The van der Waals surface area contributed by atoms with Crippen molar-refractivity contribution in [1.29, 1.82) is 0 Å². The fourth-order valence-corrected chi connectivity index (χ4v) is 3.45. The van der Waals surface area contributed by atoms with Gasteiger partial charge in [0.1, 0.15) is 0 Å². The van der Waals surface area contributed by atoms with Gasteiger partial charge in [-0.2, -0.15) is 0 Å². The molecule has 1 spiro atoms. The summed E-state index contributed by atoms with van der Waals surface area (Å²) in [6.45, 7) is 6.55. The van der Waals surface area contributed by atoms with E-state index in [-0.39, 0.29) is 5.60 Å². The molecule has 17 heavy (non-hydrogen) atoms. The molecule has 2 aliphatic rings. The lowest BCUT2D eigenvalue weighted by atomic mass is 9.72. The Balaban J connectivity index is 2.05. The summed E-state index contributed by atoms with van der Waals surface area (Å²) in [5.41, 5.74) is -0.575. The van der Waals surface area contributed by atoms with Crippen LogP contribution in [0.25, 0.3) is 0 Å². The average molecular weight is 242 g/mol. The molecule has 0 amide bonds. The summed E-state index contributed by atoms with van der Waals surface area (Å²) in [6, 6.07) is 0. The average Bonchev–Trinajstić information content (AvgIpc) is 2.77. The van der Waals surface area contributed by atoms with Crippen molar-refractivity contribution in [2.24, 2.45) is 5.92 Å². The van der Waals surface area contributed by atoms with Crippen molar-refractivity contribution in [2.75, 3.05) is 19.8 Å². The van der Waals surface area contributed by atoms with E-state index in [1.54, 1.807) is 0 Å². The lowest BCUT2D eigenvalue weighted by molar-refractivity contribution is -0.146. The highest BCUT2D eigenvalue weighted by atomic mass is 16.6. The third kappa shape index (κ3) is 2.67. The molecule has 2 saturated heterocycles. The SMILES string of the molecule is CCCC(O)(CC)C1CCOC2(CCOC2)C1. The quantitative estimate of drug-likeness (QED) is 0.823. The summed E-state index contributed by atoms with van der Waals surface area (Å²) in [6.07, 6.45) is 5.76. The maximum atomic E-state index is 10.8. The van der Waals surface area contributed by atoms with E-state index in [4.69, 9.17) is 9.47 Å². The molecular formula is C14H26O3. The first-order chi connectivity index (χ1) is 8.14. The standard InChI is InChI=1S/C14H26O3/c1-3-6-14(15,4-2)12-5-8-17-13(10-12)7-9-16-11-13/h12,15H,3-11H2,1-2H3. The minimum atomic E-state index is -0.492. The van der Waals surface area contributed by atoms with Crippen LogP contribution in [0.15, 0.2) is 0 Å². The van der Waals surface area contributed by atoms with E-state index in [9.17, 15) is 5.11 Å². The maximum absolute atomic E-state index is 10.8. The Morgan fingerprint density at radius 1 is 1.35 bits per heavy atom. The molecule has 3 heteroatoms. The molecule has 2 fully saturated rings. The molecule has 2 aliphatic heterocycles. The zero-order chi connectivity index (χ0) is 12.4. The summed E-state index contributed by atoms with van der Waals surface area (Å²) < 4.78 is 11.4. The Labute approximate surface area is 104 Å². The molecule has 0 aliphatic carbocycles. The minimum absolute atomic E-state index is 0.0835. The van der Waals surface area contributed by atoms with Gasteiger partial charge in [0.05, 0.1) is 17.8 Å². The zero-order valence-electron chi connectivity index (χ0n) is 11.2. The van der Waals surface area contributed by atoms with Gasteiger partial charge in [-0.1, -0.05) is 20.3 Å². The molecule has 0 bridgehead atoms. The number of ether oxygens (including phenoxy) is 2. The van der Waals surface area contributed by atoms with Crippen LogP contribution in [-0.4, -0.2) is 36.1 Å². The van der Waals surface area contributed by atoms with Crippen molar-refractivity contribution in [3.8, 4) is 0 Å². The monoisotopic (exact) mass is 242 g/mol. The molecule has 1 N–H and O–H groups in total. The largest absolute Gasteiger partial charge is 0.390 e. The van der Waals surface area contributed by atoms with Crippen LogP contribution in [0.5, 0.6) is 0 Å². The third-order valence-electron chi connectivity index (χ3n) is 4.62. The van der Waals surface area contributed by atoms with Gasteiger partial charge in [0.2, 0.25) is 0 Å². The molecule has 0 aromatic heterocycles. The Morgan fingerprint density at radius 2 is 2.18 bits per heavy atom. The highest BCUT2D eigenvalue weighted by Gasteiger charge is 2.46. The molecule has 2 heterocycles. The van der Waals surface area contributed by atoms with E-state index >= 15 is 0 Å². The first kappa shape index (κ1) is 13.3. The van der Waals surface area contributed by atoms with Gasteiger partial charge in [-0.3, -0.25) is 0 Å². The molecule has 3 unspecified atom stereocenters. The van der Waals surface area contributed by atoms with Crippen molar-refractivity contribution >= 4 is 0 Å². The van der Waals surface area contributed by atoms with E-state index in [0.717, 1.165) is 58.3 Å². The van der Waals surface area contributed by atoms with Crippen LogP contribution in [-0.2, 0) is 9.47 Å².